The first-order valence-electron chi connectivity index (χ1n) is 6.50. The fourth-order valence-corrected chi connectivity index (χ4v) is 2.30. The molecule has 1 fully saturated rings. The van der Waals surface area contributed by atoms with E-state index in [0.717, 1.165) is 6.42 Å². The van der Waals surface area contributed by atoms with Gasteiger partial charge in [-0.15, -0.1) is 0 Å². The SMILES string of the molecule is COCCOCCC(=O)CC1CCCC(F)(F)C1. The fourth-order valence-electron chi connectivity index (χ4n) is 2.30. The van der Waals surface area contributed by atoms with Crippen LogP contribution >= 0.6 is 0 Å². The van der Waals surface area contributed by atoms with Gasteiger partial charge >= 0.3 is 0 Å². The lowest BCUT2D eigenvalue weighted by Gasteiger charge is -2.28. The monoisotopic (exact) mass is 264 g/mol. The summed E-state index contributed by atoms with van der Waals surface area (Å²) >= 11 is 0. The van der Waals surface area contributed by atoms with Gasteiger partial charge in [0.25, 0.3) is 0 Å². The average molecular weight is 264 g/mol. The van der Waals surface area contributed by atoms with Gasteiger partial charge < -0.3 is 9.47 Å². The standard InChI is InChI=1S/C13H22F2O3/c1-17-7-8-18-6-4-12(16)9-11-3-2-5-13(14,15)10-11/h11H,2-10H2,1H3. The van der Waals surface area contributed by atoms with Gasteiger partial charge in [-0.25, -0.2) is 8.78 Å². The Morgan fingerprint density at radius 2 is 2.11 bits per heavy atom. The number of methoxy groups -OCH3 is 1. The Hall–Kier alpha value is -0.550. The van der Waals surface area contributed by atoms with Crippen LogP contribution in [0.1, 0.15) is 38.5 Å². The van der Waals surface area contributed by atoms with Gasteiger partial charge in [0, 0.05) is 32.8 Å². The molecular formula is C13H22F2O3. The highest BCUT2D eigenvalue weighted by Crippen LogP contribution is 2.38. The lowest BCUT2D eigenvalue weighted by atomic mass is 9.83. The molecule has 0 spiro atoms. The van der Waals surface area contributed by atoms with E-state index in [-0.39, 0.29) is 31.0 Å². The van der Waals surface area contributed by atoms with Crippen molar-refractivity contribution in [3.05, 3.63) is 0 Å². The number of ketones is 1. The molecule has 1 saturated carbocycles. The van der Waals surface area contributed by atoms with E-state index >= 15 is 0 Å². The zero-order chi connectivity index (χ0) is 13.4. The third-order valence-corrected chi connectivity index (χ3v) is 3.22. The molecule has 0 amide bonds. The molecule has 106 valence electrons. The lowest BCUT2D eigenvalue weighted by molar-refractivity contribution is -0.122. The van der Waals surface area contributed by atoms with Crippen LogP contribution in [-0.2, 0) is 14.3 Å². The third-order valence-electron chi connectivity index (χ3n) is 3.22. The summed E-state index contributed by atoms with van der Waals surface area (Å²) in [5.74, 6) is -2.70. The van der Waals surface area contributed by atoms with E-state index in [4.69, 9.17) is 9.47 Å². The van der Waals surface area contributed by atoms with E-state index in [1.807, 2.05) is 0 Å². The zero-order valence-corrected chi connectivity index (χ0v) is 10.9. The molecule has 1 atom stereocenters. The molecule has 0 bridgehead atoms. The van der Waals surface area contributed by atoms with Gasteiger partial charge in [-0.2, -0.15) is 0 Å². The van der Waals surface area contributed by atoms with Crippen molar-refractivity contribution in [1.29, 1.82) is 0 Å². The molecule has 1 unspecified atom stereocenters. The van der Waals surface area contributed by atoms with E-state index in [1.54, 1.807) is 7.11 Å². The summed E-state index contributed by atoms with van der Waals surface area (Å²) in [6.07, 6.45) is 1.68. The summed E-state index contributed by atoms with van der Waals surface area (Å²) in [6.45, 7) is 1.32. The fraction of sp³-hybridized carbons (Fsp3) is 0.923. The number of Topliss-reactive ketones (excluding diaryl/α,β-unsaturated/α-hetero) is 1. The van der Waals surface area contributed by atoms with Crippen molar-refractivity contribution in [2.75, 3.05) is 26.9 Å². The Balaban J connectivity index is 2.12. The van der Waals surface area contributed by atoms with E-state index in [9.17, 15) is 13.6 Å². The average Bonchev–Trinajstić information content (AvgIpc) is 2.27. The topological polar surface area (TPSA) is 35.5 Å². The summed E-state index contributed by atoms with van der Waals surface area (Å²) in [6, 6.07) is 0. The van der Waals surface area contributed by atoms with Gasteiger partial charge in [-0.1, -0.05) is 0 Å². The van der Waals surface area contributed by atoms with Crippen molar-refractivity contribution < 1.29 is 23.0 Å². The second-order valence-corrected chi connectivity index (χ2v) is 4.92. The quantitative estimate of drug-likeness (QED) is 0.632. The normalized spacial score (nSPS) is 22.9. The van der Waals surface area contributed by atoms with E-state index < -0.39 is 5.92 Å². The molecule has 0 aromatic carbocycles. The van der Waals surface area contributed by atoms with E-state index in [1.165, 1.54) is 0 Å². The van der Waals surface area contributed by atoms with Gasteiger partial charge in [0.15, 0.2) is 0 Å². The maximum atomic E-state index is 13.1. The highest BCUT2D eigenvalue weighted by atomic mass is 19.3. The van der Waals surface area contributed by atoms with Crippen LogP contribution in [0, 0.1) is 5.92 Å². The number of alkyl halides is 2. The molecule has 0 heterocycles. The minimum Gasteiger partial charge on any atom is -0.382 e. The number of rotatable bonds is 8. The molecule has 18 heavy (non-hydrogen) atoms. The summed E-state index contributed by atoms with van der Waals surface area (Å²) in [7, 11) is 1.58. The van der Waals surface area contributed by atoms with Crippen molar-refractivity contribution in [2.24, 2.45) is 5.92 Å². The summed E-state index contributed by atoms with van der Waals surface area (Å²) in [5.41, 5.74) is 0. The first kappa shape index (κ1) is 15.5. The molecule has 0 aromatic heterocycles. The molecule has 0 N–H and O–H groups in total. The first-order chi connectivity index (χ1) is 8.53. The largest absolute Gasteiger partial charge is 0.382 e. The smallest absolute Gasteiger partial charge is 0.248 e. The van der Waals surface area contributed by atoms with Gasteiger partial charge in [-0.3, -0.25) is 4.79 Å². The van der Waals surface area contributed by atoms with Crippen molar-refractivity contribution >= 4 is 5.78 Å². The van der Waals surface area contributed by atoms with Crippen LogP contribution in [0.15, 0.2) is 0 Å². The number of halogens is 2. The molecule has 0 radical (unpaired) electrons. The summed E-state index contributed by atoms with van der Waals surface area (Å²) < 4.78 is 36.3. The second-order valence-electron chi connectivity index (χ2n) is 4.92. The van der Waals surface area contributed by atoms with Gasteiger partial charge in [0.05, 0.1) is 19.8 Å². The van der Waals surface area contributed by atoms with E-state index in [2.05, 4.69) is 0 Å². The maximum absolute atomic E-state index is 13.1. The molecular weight excluding hydrogens is 242 g/mol. The van der Waals surface area contributed by atoms with Crippen LogP contribution < -0.4 is 0 Å². The number of hydrogen-bond donors (Lipinski definition) is 0. The lowest BCUT2D eigenvalue weighted by Crippen LogP contribution is -2.27. The maximum Gasteiger partial charge on any atom is 0.248 e. The van der Waals surface area contributed by atoms with Crippen LogP contribution in [-0.4, -0.2) is 38.6 Å². The molecule has 0 aromatic rings. The van der Waals surface area contributed by atoms with E-state index in [0.29, 0.717) is 32.7 Å². The zero-order valence-electron chi connectivity index (χ0n) is 10.9. The highest BCUT2D eigenvalue weighted by molar-refractivity contribution is 5.78. The molecule has 0 aliphatic heterocycles. The predicted molar refractivity (Wildman–Crippen MR) is 63.8 cm³/mol. The summed E-state index contributed by atoms with van der Waals surface area (Å²) in [5, 5.41) is 0. The molecule has 1 rings (SSSR count). The van der Waals surface area contributed by atoms with Gasteiger partial charge in [0.1, 0.15) is 5.78 Å². The van der Waals surface area contributed by atoms with Crippen molar-refractivity contribution in [1.82, 2.24) is 0 Å². The number of carbonyl (C=O) groups excluding carboxylic acids is 1. The van der Waals surface area contributed by atoms with Crippen LogP contribution in [0.5, 0.6) is 0 Å². The molecule has 1 aliphatic carbocycles. The third kappa shape index (κ3) is 6.40. The van der Waals surface area contributed by atoms with Crippen molar-refractivity contribution in [3.8, 4) is 0 Å². The minimum atomic E-state index is -2.57. The first-order valence-corrected chi connectivity index (χ1v) is 6.50. The second kappa shape index (κ2) is 7.79. The van der Waals surface area contributed by atoms with Gasteiger partial charge in [-0.05, 0) is 18.8 Å². The molecule has 3 nitrogen and oxygen atoms in total. The molecule has 0 saturated heterocycles. The van der Waals surface area contributed by atoms with Crippen molar-refractivity contribution in [3.63, 3.8) is 0 Å². The van der Waals surface area contributed by atoms with Crippen molar-refractivity contribution in [2.45, 2.75) is 44.4 Å². The Morgan fingerprint density at radius 3 is 2.78 bits per heavy atom. The number of ether oxygens (including phenoxy) is 2. The predicted octanol–water partition coefficient (Wildman–Crippen LogP) is 2.82. The minimum absolute atomic E-state index is 0.0233. The number of hydrogen-bond acceptors (Lipinski definition) is 3. The molecule has 5 heteroatoms. The molecule has 1 aliphatic rings. The summed E-state index contributed by atoms with van der Waals surface area (Å²) in [4.78, 5) is 11.6. The van der Waals surface area contributed by atoms with Gasteiger partial charge in [0.2, 0.25) is 5.92 Å². The van der Waals surface area contributed by atoms with Crippen LogP contribution in [0.4, 0.5) is 8.78 Å². The Bertz CT molecular complexity index is 257. The van der Waals surface area contributed by atoms with Crippen LogP contribution in [0.3, 0.4) is 0 Å². The van der Waals surface area contributed by atoms with Crippen LogP contribution in [0.25, 0.3) is 0 Å². The highest BCUT2D eigenvalue weighted by Gasteiger charge is 2.36. The number of carbonyl (C=O) groups is 1. The Labute approximate surface area is 107 Å². The Morgan fingerprint density at radius 1 is 1.33 bits per heavy atom. The Kier molecular flexibility index (Phi) is 6.71. The van der Waals surface area contributed by atoms with Crippen LogP contribution in [0.2, 0.25) is 0 Å².